The predicted octanol–water partition coefficient (Wildman–Crippen LogP) is 1.99. The van der Waals surface area contributed by atoms with Crippen LogP contribution in [0.2, 0.25) is 0 Å². The van der Waals surface area contributed by atoms with Gasteiger partial charge in [0.15, 0.2) is 4.90 Å². The summed E-state index contributed by atoms with van der Waals surface area (Å²) in [5.41, 5.74) is 5.90. The average molecular weight is 322 g/mol. The van der Waals surface area contributed by atoms with Crippen molar-refractivity contribution in [3.05, 3.63) is 29.6 Å². The summed E-state index contributed by atoms with van der Waals surface area (Å²) in [6.45, 7) is 0. The Morgan fingerprint density at radius 2 is 1.67 bits per heavy atom. The largest absolute Gasteiger partial charge is 0.326 e. The van der Waals surface area contributed by atoms with Crippen LogP contribution in [0.3, 0.4) is 0 Å². The lowest BCUT2D eigenvalue weighted by molar-refractivity contribution is 0.251. The first-order valence-corrected chi connectivity index (χ1v) is 8.07. The summed E-state index contributed by atoms with van der Waals surface area (Å²) in [6, 6.07) is -0.201. The third-order valence-electron chi connectivity index (χ3n) is 3.85. The van der Waals surface area contributed by atoms with Crippen LogP contribution in [0.1, 0.15) is 25.7 Å². The highest BCUT2D eigenvalue weighted by Gasteiger charge is 2.36. The second-order valence-corrected chi connectivity index (χ2v) is 7.17. The van der Waals surface area contributed by atoms with Gasteiger partial charge in [-0.05, 0) is 12.8 Å². The van der Waals surface area contributed by atoms with Gasteiger partial charge in [-0.1, -0.05) is 12.8 Å². The SMILES string of the molecule is CN(C1CCCCC1N)S(=O)(=O)c1c(F)cc(F)cc1F. The molecule has 2 rings (SSSR count). The Hall–Kier alpha value is -1.12. The zero-order valence-corrected chi connectivity index (χ0v) is 12.3. The number of benzene rings is 1. The van der Waals surface area contributed by atoms with Gasteiger partial charge in [-0.15, -0.1) is 0 Å². The van der Waals surface area contributed by atoms with E-state index in [1.807, 2.05) is 0 Å². The van der Waals surface area contributed by atoms with Crippen LogP contribution < -0.4 is 5.73 Å². The van der Waals surface area contributed by atoms with Gasteiger partial charge in [0.05, 0.1) is 0 Å². The van der Waals surface area contributed by atoms with Gasteiger partial charge in [0, 0.05) is 31.3 Å². The number of halogens is 3. The lowest BCUT2D eigenvalue weighted by Crippen LogP contribution is -2.50. The molecule has 0 aliphatic heterocycles. The molecule has 4 nitrogen and oxygen atoms in total. The number of nitrogens with two attached hydrogens (primary N) is 1. The van der Waals surface area contributed by atoms with Crippen molar-refractivity contribution in [2.24, 2.45) is 5.73 Å². The van der Waals surface area contributed by atoms with E-state index in [0.29, 0.717) is 25.0 Å². The first-order chi connectivity index (χ1) is 9.75. The molecule has 1 aliphatic carbocycles. The summed E-state index contributed by atoms with van der Waals surface area (Å²) in [5.74, 6) is -4.05. The molecule has 1 saturated carbocycles. The normalized spacial score (nSPS) is 23.5. The van der Waals surface area contributed by atoms with E-state index < -0.39 is 38.4 Å². The highest BCUT2D eigenvalue weighted by atomic mass is 32.2. The smallest absolute Gasteiger partial charge is 0.248 e. The Morgan fingerprint density at radius 1 is 1.14 bits per heavy atom. The molecule has 1 aliphatic rings. The van der Waals surface area contributed by atoms with Crippen LogP contribution >= 0.6 is 0 Å². The summed E-state index contributed by atoms with van der Waals surface area (Å²) < 4.78 is 66.0. The van der Waals surface area contributed by atoms with Crippen molar-refractivity contribution < 1.29 is 21.6 Å². The average Bonchev–Trinajstić information content (AvgIpc) is 2.36. The van der Waals surface area contributed by atoms with Crippen LogP contribution in [0.15, 0.2) is 17.0 Å². The molecule has 0 heterocycles. The fourth-order valence-corrected chi connectivity index (χ4v) is 4.21. The van der Waals surface area contributed by atoms with Crippen LogP contribution in [0.5, 0.6) is 0 Å². The molecule has 0 aromatic heterocycles. The minimum Gasteiger partial charge on any atom is -0.326 e. The maximum Gasteiger partial charge on any atom is 0.248 e. The maximum absolute atomic E-state index is 13.7. The third kappa shape index (κ3) is 3.07. The van der Waals surface area contributed by atoms with Crippen molar-refractivity contribution in [2.75, 3.05) is 7.05 Å². The van der Waals surface area contributed by atoms with Gasteiger partial charge in [-0.25, -0.2) is 21.6 Å². The number of likely N-dealkylation sites (N-methyl/N-ethyl adjacent to an activating group) is 1. The summed E-state index contributed by atoms with van der Waals surface area (Å²) in [6.07, 6.45) is 2.87. The zero-order chi connectivity index (χ0) is 15.8. The predicted molar refractivity (Wildman–Crippen MR) is 71.5 cm³/mol. The Balaban J connectivity index is 2.42. The molecule has 0 bridgehead atoms. The van der Waals surface area contributed by atoms with E-state index >= 15 is 0 Å². The first kappa shape index (κ1) is 16.3. The Kier molecular flexibility index (Phi) is 4.60. The molecule has 1 fully saturated rings. The Labute approximate surface area is 121 Å². The molecule has 8 heteroatoms. The lowest BCUT2D eigenvalue weighted by atomic mass is 9.91. The zero-order valence-electron chi connectivity index (χ0n) is 11.5. The molecular weight excluding hydrogens is 305 g/mol. The monoisotopic (exact) mass is 322 g/mol. The van der Waals surface area contributed by atoms with Crippen molar-refractivity contribution in [2.45, 2.75) is 42.7 Å². The van der Waals surface area contributed by atoms with Gasteiger partial charge >= 0.3 is 0 Å². The first-order valence-electron chi connectivity index (χ1n) is 6.63. The van der Waals surface area contributed by atoms with Crippen molar-refractivity contribution in [3.63, 3.8) is 0 Å². The second kappa shape index (κ2) is 5.94. The van der Waals surface area contributed by atoms with Crippen LogP contribution in [-0.2, 0) is 10.0 Å². The molecule has 1 aromatic rings. The highest BCUT2D eigenvalue weighted by Crippen LogP contribution is 2.28. The molecule has 2 atom stereocenters. The van der Waals surface area contributed by atoms with Crippen LogP contribution in [0.25, 0.3) is 0 Å². The Bertz CT molecular complexity index is 613. The molecule has 2 unspecified atom stereocenters. The lowest BCUT2D eigenvalue weighted by Gasteiger charge is -2.35. The van der Waals surface area contributed by atoms with Crippen molar-refractivity contribution >= 4 is 10.0 Å². The number of hydrogen-bond donors (Lipinski definition) is 1. The molecule has 21 heavy (non-hydrogen) atoms. The van der Waals surface area contributed by atoms with Crippen LogP contribution in [-0.4, -0.2) is 31.9 Å². The van der Waals surface area contributed by atoms with Gasteiger partial charge in [0.2, 0.25) is 10.0 Å². The number of sulfonamides is 1. The summed E-state index contributed by atoms with van der Waals surface area (Å²) in [7, 11) is -3.17. The molecule has 118 valence electrons. The fraction of sp³-hybridized carbons (Fsp3) is 0.538. The topological polar surface area (TPSA) is 63.4 Å². The van der Waals surface area contributed by atoms with Crippen molar-refractivity contribution in [1.82, 2.24) is 4.31 Å². The summed E-state index contributed by atoms with van der Waals surface area (Å²) in [4.78, 5) is -1.14. The quantitative estimate of drug-likeness (QED) is 0.926. The van der Waals surface area contributed by atoms with Crippen LogP contribution in [0.4, 0.5) is 13.2 Å². The number of rotatable bonds is 3. The standard InChI is InChI=1S/C13H17F3N2O2S/c1-18(12-5-3-2-4-11(12)17)21(19,20)13-9(15)6-8(14)7-10(13)16/h6-7,11-12H,2-5,17H2,1H3. The second-order valence-electron chi connectivity index (χ2n) is 5.24. The van der Waals surface area contributed by atoms with Gasteiger partial charge in [0.1, 0.15) is 17.5 Å². The maximum atomic E-state index is 13.7. The van der Waals surface area contributed by atoms with Crippen LogP contribution in [0, 0.1) is 17.5 Å². The van der Waals surface area contributed by atoms with E-state index in [1.165, 1.54) is 7.05 Å². The minimum absolute atomic E-state index is 0.352. The molecule has 2 N–H and O–H groups in total. The minimum atomic E-state index is -4.41. The summed E-state index contributed by atoms with van der Waals surface area (Å²) >= 11 is 0. The summed E-state index contributed by atoms with van der Waals surface area (Å²) in [5, 5.41) is 0. The van der Waals surface area contributed by atoms with Gasteiger partial charge in [-0.3, -0.25) is 0 Å². The fourth-order valence-electron chi connectivity index (χ4n) is 2.69. The van der Waals surface area contributed by atoms with E-state index in [2.05, 4.69) is 0 Å². The molecule has 0 saturated heterocycles. The van der Waals surface area contributed by atoms with Gasteiger partial charge in [0.25, 0.3) is 0 Å². The molecular formula is C13H17F3N2O2S. The van der Waals surface area contributed by atoms with Gasteiger partial charge < -0.3 is 5.73 Å². The third-order valence-corrected chi connectivity index (χ3v) is 5.78. The van der Waals surface area contributed by atoms with E-state index in [1.54, 1.807) is 0 Å². The van der Waals surface area contributed by atoms with Crippen molar-refractivity contribution in [1.29, 1.82) is 0 Å². The molecule has 1 aromatic carbocycles. The van der Waals surface area contributed by atoms with E-state index in [4.69, 9.17) is 5.73 Å². The van der Waals surface area contributed by atoms with Crippen molar-refractivity contribution in [3.8, 4) is 0 Å². The van der Waals surface area contributed by atoms with Gasteiger partial charge in [-0.2, -0.15) is 4.31 Å². The molecule has 0 radical (unpaired) electrons. The molecule has 0 spiro atoms. The Morgan fingerprint density at radius 3 is 2.19 bits per heavy atom. The van der Waals surface area contributed by atoms with E-state index in [-0.39, 0.29) is 6.04 Å². The number of nitrogens with zero attached hydrogens (tertiary/aromatic N) is 1. The van der Waals surface area contributed by atoms with E-state index in [9.17, 15) is 21.6 Å². The highest BCUT2D eigenvalue weighted by molar-refractivity contribution is 7.89. The molecule has 0 amide bonds. The van der Waals surface area contributed by atoms with E-state index in [0.717, 1.165) is 17.1 Å². The number of hydrogen-bond acceptors (Lipinski definition) is 3.